The van der Waals surface area contributed by atoms with Gasteiger partial charge in [0.15, 0.2) is 5.65 Å². The summed E-state index contributed by atoms with van der Waals surface area (Å²) in [6, 6.07) is 9.78. The van der Waals surface area contributed by atoms with Gasteiger partial charge in [-0.1, -0.05) is 30.3 Å². The third-order valence-corrected chi connectivity index (χ3v) is 3.86. The van der Waals surface area contributed by atoms with E-state index in [1.54, 1.807) is 0 Å². The number of nitrogens with zero attached hydrogens (tertiary/aromatic N) is 3. The molecule has 0 aliphatic heterocycles. The third-order valence-electron chi connectivity index (χ3n) is 3.86. The second kappa shape index (κ2) is 8.76. The number of fused-ring (bicyclic) bond motifs is 1. The number of ether oxygens (including phenoxy) is 2. The first-order valence-electron chi connectivity index (χ1n) is 9.46. The van der Waals surface area contributed by atoms with E-state index < -0.39 is 11.7 Å². The number of aromatic nitrogens is 4. The number of hydrogen-bond donors (Lipinski definition) is 3. The number of benzene rings is 1. The summed E-state index contributed by atoms with van der Waals surface area (Å²) < 4.78 is 11.0. The molecule has 1 amide bonds. The van der Waals surface area contributed by atoms with E-state index in [-0.39, 0.29) is 5.95 Å². The van der Waals surface area contributed by atoms with Crippen LogP contribution in [0.1, 0.15) is 38.6 Å². The van der Waals surface area contributed by atoms with Gasteiger partial charge in [-0.2, -0.15) is 9.97 Å². The minimum absolute atomic E-state index is 0.102. The molecule has 3 rings (SSSR count). The zero-order valence-corrected chi connectivity index (χ0v) is 16.9. The van der Waals surface area contributed by atoms with Crippen LogP contribution in [-0.4, -0.2) is 38.2 Å². The summed E-state index contributed by atoms with van der Waals surface area (Å²) in [5, 5.41) is 2.73. The fraction of sp³-hybridized carbons (Fsp3) is 0.400. The first-order valence-corrected chi connectivity index (χ1v) is 9.46. The van der Waals surface area contributed by atoms with Crippen molar-refractivity contribution in [3.05, 3.63) is 41.7 Å². The van der Waals surface area contributed by atoms with E-state index in [2.05, 4.69) is 25.3 Å². The lowest BCUT2D eigenvalue weighted by Crippen LogP contribution is -2.33. The molecule has 0 fully saturated rings. The molecule has 0 radical (unpaired) electrons. The Balaban J connectivity index is 1.60. The predicted octanol–water partition coefficient (Wildman–Crippen LogP) is 2.97. The Morgan fingerprint density at radius 1 is 1.17 bits per heavy atom. The van der Waals surface area contributed by atoms with Crippen molar-refractivity contribution < 1.29 is 14.3 Å². The molecular formula is C20H26N6O3. The van der Waals surface area contributed by atoms with Crippen LogP contribution < -0.4 is 15.8 Å². The molecule has 0 bridgehead atoms. The van der Waals surface area contributed by atoms with Crippen molar-refractivity contribution in [1.29, 1.82) is 0 Å². The summed E-state index contributed by atoms with van der Waals surface area (Å²) in [7, 11) is 0. The number of hydrogen-bond acceptors (Lipinski definition) is 7. The van der Waals surface area contributed by atoms with Crippen LogP contribution in [0.15, 0.2) is 30.3 Å². The zero-order chi connectivity index (χ0) is 20.9. The molecule has 0 spiro atoms. The molecule has 2 heterocycles. The largest absolute Gasteiger partial charge is 0.471 e. The number of alkyl carbamates (subject to hydrolysis) is 1. The van der Waals surface area contributed by atoms with Gasteiger partial charge in [0.05, 0.1) is 0 Å². The van der Waals surface area contributed by atoms with Crippen molar-refractivity contribution in [1.82, 2.24) is 25.3 Å². The van der Waals surface area contributed by atoms with E-state index in [4.69, 9.17) is 15.2 Å². The number of nitrogens with two attached hydrogens (primary N) is 1. The molecule has 3 aromatic rings. The fourth-order valence-corrected chi connectivity index (χ4v) is 2.64. The lowest BCUT2D eigenvalue weighted by Gasteiger charge is -2.19. The summed E-state index contributed by atoms with van der Waals surface area (Å²) in [5.41, 5.74) is 7.35. The SMILES string of the molecule is CC(C)(C)OC(=O)NCCCc1nc2nc(N)nc(OCc3ccccc3)c2[nH]1. The van der Waals surface area contributed by atoms with Gasteiger partial charge in [-0.25, -0.2) is 9.78 Å². The maximum absolute atomic E-state index is 11.7. The predicted molar refractivity (Wildman–Crippen MR) is 109 cm³/mol. The number of carbonyl (C=O) groups excluding carboxylic acids is 1. The molecule has 0 aliphatic rings. The first kappa shape index (κ1) is 20.4. The van der Waals surface area contributed by atoms with Gasteiger partial charge in [-0.05, 0) is 32.8 Å². The molecule has 0 aliphatic carbocycles. The third kappa shape index (κ3) is 6.06. The summed E-state index contributed by atoms with van der Waals surface area (Å²) >= 11 is 0. The van der Waals surface area contributed by atoms with Crippen LogP contribution in [-0.2, 0) is 17.8 Å². The highest BCUT2D eigenvalue weighted by molar-refractivity contribution is 5.77. The highest BCUT2D eigenvalue weighted by Gasteiger charge is 2.16. The van der Waals surface area contributed by atoms with Gasteiger partial charge in [0.1, 0.15) is 23.5 Å². The van der Waals surface area contributed by atoms with Gasteiger partial charge in [0.2, 0.25) is 11.8 Å². The Kier molecular flexibility index (Phi) is 6.16. The molecule has 2 aromatic heterocycles. The number of imidazole rings is 1. The molecule has 154 valence electrons. The second-order valence-corrected chi connectivity index (χ2v) is 7.58. The Bertz CT molecular complexity index is 966. The van der Waals surface area contributed by atoms with Crippen LogP contribution in [0.2, 0.25) is 0 Å². The van der Waals surface area contributed by atoms with Gasteiger partial charge in [-0.3, -0.25) is 0 Å². The maximum atomic E-state index is 11.7. The summed E-state index contributed by atoms with van der Waals surface area (Å²) in [4.78, 5) is 27.7. The number of carbonyl (C=O) groups is 1. The van der Waals surface area contributed by atoms with Crippen LogP contribution >= 0.6 is 0 Å². The van der Waals surface area contributed by atoms with Crippen molar-refractivity contribution in [2.75, 3.05) is 12.3 Å². The molecule has 1 aromatic carbocycles. The Morgan fingerprint density at radius 2 is 1.93 bits per heavy atom. The maximum Gasteiger partial charge on any atom is 0.407 e. The van der Waals surface area contributed by atoms with Gasteiger partial charge in [0.25, 0.3) is 0 Å². The monoisotopic (exact) mass is 398 g/mol. The zero-order valence-electron chi connectivity index (χ0n) is 16.9. The minimum Gasteiger partial charge on any atom is -0.471 e. The molecule has 0 atom stereocenters. The molecule has 0 saturated heterocycles. The standard InChI is InChI=1S/C20H26N6O3/c1-20(2,3)29-19(27)22-11-7-10-14-23-15-16(24-14)25-18(21)26-17(15)28-12-13-8-5-4-6-9-13/h4-6,8-9H,7,10-12H2,1-3H3,(H,22,27)(H3,21,23,24,25,26). The quantitative estimate of drug-likeness (QED) is 0.522. The highest BCUT2D eigenvalue weighted by Crippen LogP contribution is 2.22. The number of nitrogen functional groups attached to an aromatic ring is 1. The van der Waals surface area contributed by atoms with Crippen LogP contribution in [0.4, 0.5) is 10.7 Å². The first-order chi connectivity index (χ1) is 13.8. The number of aryl methyl sites for hydroxylation is 1. The van der Waals surface area contributed by atoms with E-state index in [1.807, 2.05) is 51.1 Å². The minimum atomic E-state index is -0.516. The van der Waals surface area contributed by atoms with Crippen molar-refractivity contribution in [2.45, 2.75) is 45.8 Å². The van der Waals surface area contributed by atoms with Gasteiger partial charge in [-0.15, -0.1) is 0 Å². The number of aromatic amines is 1. The van der Waals surface area contributed by atoms with E-state index in [1.165, 1.54) is 0 Å². The molecule has 9 heteroatoms. The van der Waals surface area contributed by atoms with Gasteiger partial charge in [0, 0.05) is 13.0 Å². The van der Waals surface area contributed by atoms with Crippen molar-refractivity contribution in [2.24, 2.45) is 0 Å². The van der Waals surface area contributed by atoms with Crippen molar-refractivity contribution in [3.8, 4) is 5.88 Å². The second-order valence-electron chi connectivity index (χ2n) is 7.58. The Morgan fingerprint density at radius 3 is 2.66 bits per heavy atom. The van der Waals surface area contributed by atoms with Crippen molar-refractivity contribution in [3.63, 3.8) is 0 Å². The number of nitrogens with one attached hydrogen (secondary N) is 2. The van der Waals surface area contributed by atoms with Crippen LogP contribution in [0.5, 0.6) is 5.88 Å². The van der Waals surface area contributed by atoms with Crippen LogP contribution in [0, 0.1) is 0 Å². The Labute approximate surface area is 169 Å². The van der Waals surface area contributed by atoms with Gasteiger partial charge < -0.3 is 25.5 Å². The fourth-order valence-electron chi connectivity index (χ4n) is 2.64. The molecule has 0 unspecified atom stereocenters. The van der Waals surface area contributed by atoms with Crippen LogP contribution in [0.3, 0.4) is 0 Å². The highest BCUT2D eigenvalue weighted by atomic mass is 16.6. The topological polar surface area (TPSA) is 128 Å². The molecule has 29 heavy (non-hydrogen) atoms. The molecule has 4 N–H and O–H groups in total. The van der Waals surface area contributed by atoms with Crippen LogP contribution in [0.25, 0.3) is 11.2 Å². The smallest absolute Gasteiger partial charge is 0.407 e. The molecule has 9 nitrogen and oxygen atoms in total. The average Bonchev–Trinajstić information content (AvgIpc) is 3.05. The van der Waals surface area contributed by atoms with E-state index in [0.717, 1.165) is 11.4 Å². The summed E-state index contributed by atoms with van der Waals surface area (Å²) in [6.45, 7) is 6.30. The lowest BCUT2D eigenvalue weighted by molar-refractivity contribution is 0.0527. The van der Waals surface area contributed by atoms with E-state index in [9.17, 15) is 4.79 Å². The van der Waals surface area contributed by atoms with Gasteiger partial charge >= 0.3 is 6.09 Å². The average molecular weight is 398 g/mol. The normalized spacial score (nSPS) is 11.4. The molecular weight excluding hydrogens is 372 g/mol. The molecule has 0 saturated carbocycles. The van der Waals surface area contributed by atoms with Crippen molar-refractivity contribution >= 4 is 23.2 Å². The van der Waals surface area contributed by atoms with E-state index in [0.29, 0.717) is 43.0 Å². The lowest BCUT2D eigenvalue weighted by atomic mass is 10.2. The number of amides is 1. The number of rotatable bonds is 7. The Hall–Kier alpha value is -3.36. The summed E-state index contributed by atoms with van der Waals surface area (Å²) in [6.07, 6.45) is 0.865. The number of anilines is 1. The number of H-pyrrole nitrogens is 1. The summed E-state index contributed by atoms with van der Waals surface area (Å²) in [5.74, 6) is 1.18. The van der Waals surface area contributed by atoms with E-state index >= 15 is 0 Å².